The van der Waals surface area contributed by atoms with Crippen molar-refractivity contribution in [3.63, 3.8) is 0 Å². The molecule has 3 heteroatoms. The molecule has 0 spiro atoms. The van der Waals surface area contributed by atoms with Crippen LogP contribution < -0.4 is 0 Å². The smallest absolute Gasteiger partial charge is 0.138 e. The van der Waals surface area contributed by atoms with Crippen molar-refractivity contribution in [1.29, 1.82) is 0 Å². The lowest BCUT2D eigenvalue weighted by Gasteiger charge is -2.04. The van der Waals surface area contributed by atoms with Crippen molar-refractivity contribution in [2.24, 2.45) is 0 Å². The Hall–Kier alpha value is -2.42. The molecule has 0 fully saturated rings. The number of rotatable bonds is 2. The van der Waals surface area contributed by atoms with Gasteiger partial charge in [-0.2, -0.15) is 0 Å². The number of aromatic nitrogens is 3. The van der Waals surface area contributed by atoms with E-state index >= 15 is 0 Å². The fraction of sp³-hybridized carbons (Fsp3) is 0. The second-order valence-electron chi connectivity index (χ2n) is 3.74. The Morgan fingerprint density at radius 2 is 1.76 bits per heavy atom. The first-order valence-electron chi connectivity index (χ1n) is 5.43. The first-order valence-corrected chi connectivity index (χ1v) is 5.43. The lowest BCUT2D eigenvalue weighted by molar-refractivity contribution is 0.994. The molecule has 0 saturated heterocycles. The van der Waals surface area contributed by atoms with Gasteiger partial charge in [-0.25, -0.2) is 9.97 Å². The Bertz CT molecular complexity index is 600. The van der Waals surface area contributed by atoms with E-state index in [0.717, 1.165) is 11.4 Å². The number of hydrogen-bond acceptors (Lipinski definition) is 2. The molecule has 3 rings (SSSR count). The Balaban J connectivity index is 2.06. The maximum absolute atomic E-state index is 4.33. The van der Waals surface area contributed by atoms with Gasteiger partial charge in [-0.15, -0.1) is 0 Å². The summed E-state index contributed by atoms with van der Waals surface area (Å²) in [6, 6.07) is 14.3. The van der Waals surface area contributed by atoms with Crippen LogP contribution in [-0.2, 0) is 0 Å². The topological polar surface area (TPSA) is 30.7 Å². The molecular weight excluding hydrogens is 210 g/mol. The Labute approximate surface area is 99.4 Å². The Morgan fingerprint density at radius 1 is 0.882 bits per heavy atom. The highest BCUT2D eigenvalue weighted by Crippen LogP contribution is 2.19. The molecule has 2 heterocycles. The molecule has 0 aliphatic rings. The van der Waals surface area contributed by atoms with Gasteiger partial charge in [0.05, 0.1) is 0 Å². The summed E-state index contributed by atoms with van der Waals surface area (Å²) in [5.41, 5.74) is 2.35. The lowest BCUT2D eigenvalue weighted by Crippen LogP contribution is -1.93. The summed E-state index contributed by atoms with van der Waals surface area (Å²) in [7, 11) is 0. The van der Waals surface area contributed by atoms with Crippen molar-refractivity contribution in [1.82, 2.24) is 14.5 Å². The molecule has 0 unspecified atom stereocenters. The first-order chi connectivity index (χ1) is 8.43. The van der Waals surface area contributed by atoms with E-state index in [0.29, 0.717) is 0 Å². The predicted octanol–water partition coefficient (Wildman–Crippen LogP) is 2.93. The summed E-state index contributed by atoms with van der Waals surface area (Å²) in [6.45, 7) is 0. The van der Waals surface area contributed by atoms with Crippen LogP contribution in [0.3, 0.4) is 0 Å². The Kier molecular flexibility index (Phi) is 2.43. The fourth-order valence-corrected chi connectivity index (χ4v) is 1.76. The van der Waals surface area contributed by atoms with Gasteiger partial charge in [0.2, 0.25) is 0 Å². The second kappa shape index (κ2) is 4.22. The zero-order valence-corrected chi connectivity index (χ0v) is 9.19. The van der Waals surface area contributed by atoms with Crippen molar-refractivity contribution in [3.05, 3.63) is 67.4 Å². The van der Waals surface area contributed by atoms with E-state index in [1.165, 1.54) is 5.56 Å². The summed E-state index contributed by atoms with van der Waals surface area (Å²) in [5, 5.41) is 0. The van der Waals surface area contributed by atoms with Crippen LogP contribution in [0.15, 0.2) is 67.4 Å². The normalized spacial score (nSPS) is 10.4. The average molecular weight is 221 g/mol. The molecule has 0 N–H and O–H groups in total. The zero-order valence-electron chi connectivity index (χ0n) is 9.19. The molecule has 17 heavy (non-hydrogen) atoms. The largest absolute Gasteiger partial charge is 0.291 e. The molecule has 0 radical (unpaired) electrons. The fourth-order valence-electron chi connectivity index (χ4n) is 1.76. The first kappa shape index (κ1) is 9.78. The molecule has 0 atom stereocenters. The highest BCUT2D eigenvalue weighted by Gasteiger charge is 2.00. The van der Waals surface area contributed by atoms with Gasteiger partial charge in [0, 0.05) is 18.6 Å². The van der Waals surface area contributed by atoms with Crippen molar-refractivity contribution < 1.29 is 0 Å². The summed E-state index contributed by atoms with van der Waals surface area (Å²) in [5.74, 6) is 0.879. The molecule has 0 aliphatic carbocycles. The van der Waals surface area contributed by atoms with Gasteiger partial charge in [0.25, 0.3) is 0 Å². The average Bonchev–Trinajstić information content (AvgIpc) is 2.94. The second-order valence-corrected chi connectivity index (χ2v) is 3.74. The quantitative estimate of drug-likeness (QED) is 0.666. The standard InChI is InChI=1S/C14H11N3/c1-2-4-12(5-3-1)13-6-7-16-14(10-13)17-9-8-15-11-17/h1-11H. The van der Waals surface area contributed by atoms with Crippen molar-refractivity contribution in [2.75, 3.05) is 0 Å². The van der Waals surface area contributed by atoms with Crippen molar-refractivity contribution >= 4 is 0 Å². The summed E-state index contributed by atoms with van der Waals surface area (Å²) in [4.78, 5) is 8.35. The number of nitrogens with zero attached hydrogens (tertiary/aromatic N) is 3. The monoisotopic (exact) mass is 221 g/mol. The number of hydrogen-bond donors (Lipinski definition) is 0. The molecule has 1 aromatic carbocycles. The van der Waals surface area contributed by atoms with E-state index in [2.05, 4.69) is 28.2 Å². The molecule has 2 aromatic heterocycles. The Morgan fingerprint density at radius 3 is 2.53 bits per heavy atom. The van der Waals surface area contributed by atoms with Gasteiger partial charge < -0.3 is 0 Å². The van der Waals surface area contributed by atoms with Crippen LogP contribution in [0.25, 0.3) is 16.9 Å². The van der Waals surface area contributed by atoms with E-state index < -0.39 is 0 Å². The van der Waals surface area contributed by atoms with Crippen LogP contribution in [0.2, 0.25) is 0 Å². The SMILES string of the molecule is c1ccc(-c2ccnc(-n3ccnc3)c2)cc1. The molecule has 3 nitrogen and oxygen atoms in total. The minimum absolute atomic E-state index is 0.879. The highest BCUT2D eigenvalue weighted by molar-refractivity contribution is 5.64. The molecular formula is C14H11N3. The van der Waals surface area contributed by atoms with Crippen LogP contribution >= 0.6 is 0 Å². The third kappa shape index (κ3) is 1.95. The van der Waals surface area contributed by atoms with E-state index in [4.69, 9.17) is 0 Å². The van der Waals surface area contributed by atoms with Crippen LogP contribution in [0, 0.1) is 0 Å². The van der Waals surface area contributed by atoms with Gasteiger partial charge in [0.15, 0.2) is 0 Å². The van der Waals surface area contributed by atoms with E-state index in [1.807, 2.05) is 41.2 Å². The van der Waals surface area contributed by atoms with Gasteiger partial charge in [-0.3, -0.25) is 4.57 Å². The molecule has 0 saturated carbocycles. The van der Waals surface area contributed by atoms with Gasteiger partial charge in [-0.05, 0) is 23.3 Å². The third-order valence-corrected chi connectivity index (χ3v) is 2.62. The van der Waals surface area contributed by atoms with Gasteiger partial charge >= 0.3 is 0 Å². The molecule has 0 amide bonds. The molecule has 0 bridgehead atoms. The van der Waals surface area contributed by atoms with E-state index in [-0.39, 0.29) is 0 Å². The minimum atomic E-state index is 0.879. The number of benzene rings is 1. The highest BCUT2D eigenvalue weighted by atomic mass is 15.1. The lowest BCUT2D eigenvalue weighted by atomic mass is 10.1. The summed E-state index contributed by atoms with van der Waals surface area (Å²) >= 11 is 0. The number of imidazole rings is 1. The third-order valence-electron chi connectivity index (χ3n) is 2.62. The van der Waals surface area contributed by atoms with Gasteiger partial charge in [0.1, 0.15) is 12.1 Å². The van der Waals surface area contributed by atoms with Gasteiger partial charge in [-0.1, -0.05) is 30.3 Å². The maximum atomic E-state index is 4.33. The molecule has 82 valence electrons. The van der Waals surface area contributed by atoms with Crippen molar-refractivity contribution in [3.8, 4) is 16.9 Å². The minimum Gasteiger partial charge on any atom is -0.291 e. The zero-order chi connectivity index (χ0) is 11.5. The predicted molar refractivity (Wildman–Crippen MR) is 66.8 cm³/mol. The van der Waals surface area contributed by atoms with E-state index in [1.54, 1.807) is 12.5 Å². The number of pyridine rings is 1. The van der Waals surface area contributed by atoms with Crippen LogP contribution in [-0.4, -0.2) is 14.5 Å². The summed E-state index contributed by atoms with van der Waals surface area (Å²) in [6.07, 6.45) is 7.20. The molecule has 0 aliphatic heterocycles. The van der Waals surface area contributed by atoms with Crippen LogP contribution in [0.5, 0.6) is 0 Å². The molecule has 3 aromatic rings. The van der Waals surface area contributed by atoms with Crippen LogP contribution in [0.1, 0.15) is 0 Å². The maximum Gasteiger partial charge on any atom is 0.138 e. The summed E-state index contributed by atoms with van der Waals surface area (Å²) < 4.78 is 1.90. The van der Waals surface area contributed by atoms with E-state index in [9.17, 15) is 0 Å². The van der Waals surface area contributed by atoms with Crippen molar-refractivity contribution in [2.45, 2.75) is 0 Å². The van der Waals surface area contributed by atoms with Crippen LogP contribution in [0.4, 0.5) is 0 Å².